The third-order valence-corrected chi connectivity index (χ3v) is 2.63. The predicted molar refractivity (Wildman–Crippen MR) is 65.2 cm³/mol. The van der Waals surface area contributed by atoms with Crippen LogP contribution in [0.4, 0.5) is 0 Å². The quantitative estimate of drug-likeness (QED) is 0.737. The number of nitrogens with two attached hydrogens (primary N) is 2. The molecule has 1 aromatic rings. The zero-order valence-electron chi connectivity index (χ0n) is 8.34. The molecule has 0 amide bonds. The van der Waals surface area contributed by atoms with Crippen molar-refractivity contribution in [3.8, 4) is 0 Å². The molecule has 1 unspecified atom stereocenters. The molecular formula is C10H15Cl2N3. The average Bonchev–Trinajstić information content (AvgIpc) is 2.21. The Balaban J connectivity index is 2.44. The summed E-state index contributed by atoms with van der Waals surface area (Å²) in [7, 11) is 0. The Kier molecular flexibility index (Phi) is 5.36. The minimum atomic E-state index is -0.0175. The monoisotopic (exact) mass is 247 g/mol. The van der Waals surface area contributed by atoms with Crippen LogP contribution in [0.1, 0.15) is 5.56 Å². The van der Waals surface area contributed by atoms with E-state index in [2.05, 4.69) is 5.32 Å². The first-order valence-electron chi connectivity index (χ1n) is 4.73. The van der Waals surface area contributed by atoms with Crippen molar-refractivity contribution in [1.82, 2.24) is 5.32 Å². The van der Waals surface area contributed by atoms with Gasteiger partial charge in [-0.1, -0.05) is 29.3 Å². The number of rotatable bonds is 5. The summed E-state index contributed by atoms with van der Waals surface area (Å²) >= 11 is 11.8. The third kappa shape index (κ3) is 4.36. The van der Waals surface area contributed by atoms with E-state index in [-0.39, 0.29) is 6.04 Å². The molecule has 15 heavy (non-hydrogen) atoms. The van der Waals surface area contributed by atoms with Crippen LogP contribution in [0.15, 0.2) is 18.2 Å². The van der Waals surface area contributed by atoms with E-state index >= 15 is 0 Å². The fraction of sp³-hybridized carbons (Fsp3) is 0.400. The van der Waals surface area contributed by atoms with E-state index in [0.717, 1.165) is 5.56 Å². The van der Waals surface area contributed by atoms with Gasteiger partial charge in [0.05, 0.1) is 0 Å². The average molecular weight is 248 g/mol. The second kappa shape index (κ2) is 6.30. The van der Waals surface area contributed by atoms with E-state index in [1.54, 1.807) is 6.07 Å². The van der Waals surface area contributed by atoms with Crippen molar-refractivity contribution in [3.63, 3.8) is 0 Å². The molecular weight excluding hydrogens is 233 g/mol. The Bertz CT molecular complexity index is 318. The molecule has 3 nitrogen and oxygen atoms in total. The van der Waals surface area contributed by atoms with E-state index in [0.29, 0.717) is 29.7 Å². The smallest absolute Gasteiger partial charge is 0.0465 e. The number of hydrogen-bond donors (Lipinski definition) is 3. The molecule has 0 aromatic heterocycles. The largest absolute Gasteiger partial charge is 0.329 e. The number of halogens is 2. The van der Waals surface area contributed by atoms with Gasteiger partial charge in [-0.3, -0.25) is 0 Å². The molecule has 0 aliphatic carbocycles. The highest BCUT2D eigenvalue weighted by molar-refractivity contribution is 6.35. The molecule has 84 valence electrons. The van der Waals surface area contributed by atoms with E-state index in [1.165, 1.54) is 0 Å². The maximum absolute atomic E-state index is 6.00. The standard InChI is InChI=1S/C10H15Cl2N3/c11-8-2-1-7(10(12)3-8)5-15-6-9(14)4-13/h1-3,9,15H,4-6,13-14H2. The molecule has 0 saturated carbocycles. The van der Waals surface area contributed by atoms with Gasteiger partial charge in [0.25, 0.3) is 0 Å². The molecule has 0 aliphatic heterocycles. The molecule has 1 rings (SSSR count). The topological polar surface area (TPSA) is 64.1 Å². The SMILES string of the molecule is NCC(N)CNCc1ccc(Cl)cc1Cl. The second-order valence-electron chi connectivity index (χ2n) is 3.36. The van der Waals surface area contributed by atoms with Crippen LogP contribution >= 0.6 is 23.2 Å². The van der Waals surface area contributed by atoms with Gasteiger partial charge in [0, 0.05) is 35.7 Å². The molecule has 0 aliphatic rings. The molecule has 0 spiro atoms. The Morgan fingerprint density at radius 2 is 2.07 bits per heavy atom. The van der Waals surface area contributed by atoms with Gasteiger partial charge in [-0.05, 0) is 17.7 Å². The van der Waals surface area contributed by atoms with E-state index in [1.807, 2.05) is 12.1 Å². The van der Waals surface area contributed by atoms with Crippen molar-refractivity contribution in [2.24, 2.45) is 11.5 Å². The van der Waals surface area contributed by atoms with E-state index < -0.39 is 0 Å². The maximum Gasteiger partial charge on any atom is 0.0465 e. The normalized spacial score (nSPS) is 12.8. The maximum atomic E-state index is 6.00. The zero-order valence-corrected chi connectivity index (χ0v) is 9.85. The van der Waals surface area contributed by atoms with Gasteiger partial charge >= 0.3 is 0 Å². The van der Waals surface area contributed by atoms with Crippen LogP contribution in [0.2, 0.25) is 10.0 Å². The molecule has 1 atom stereocenters. The first kappa shape index (κ1) is 12.7. The molecule has 5 N–H and O–H groups in total. The van der Waals surface area contributed by atoms with Gasteiger partial charge in [-0.2, -0.15) is 0 Å². The second-order valence-corrected chi connectivity index (χ2v) is 4.21. The van der Waals surface area contributed by atoms with Crippen LogP contribution in [0.25, 0.3) is 0 Å². The summed E-state index contributed by atoms with van der Waals surface area (Å²) in [6, 6.07) is 5.41. The molecule has 0 radical (unpaired) electrons. The molecule has 0 heterocycles. The van der Waals surface area contributed by atoms with Crippen molar-refractivity contribution < 1.29 is 0 Å². The summed E-state index contributed by atoms with van der Waals surface area (Å²) in [6.45, 7) is 1.82. The Hall–Kier alpha value is -0.320. The summed E-state index contributed by atoms with van der Waals surface area (Å²) in [5.74, 6) is 0. The lowest BCUT2D eigenvalue weighted by Gasteiger charge is -2.11. The molecule has 1 aromatic carbocycles. The van der Waals surface area contributed by atoms with Crippen LogP contribution in [-0.2, 0) is 6.54 Å². The van der Waals surface area contributed by atoms with Crippen LogP contribution in [0.5, 0.6) is 0 Å². The molecule has 0 fully saturated rings. The fourth-order valence-electron chi connectivity index (χ4n) is 1.14. The van der Waals surface area contributed by atoms with Crippen LogP contribution < -0.4 is 16.8 Å². The van der Waals surface area contributed by atoms with Gasteiger partial charge in [-0.15, -0.1) is 0 Å². The number of hydrogen-bond acceptors (Lipinski definition) is 3. The Labute approximate surface area is 99.7 Å². The van der Waals surface area contributed by atoms with E-state index in [4.69, 9.17) is 34.7 Å². The highest BCUT2D eigenvalue weighted by atomic mass is 35.5. The molecule has 0 saturated heterocycles. The molecule has 0 bridgehead atoms. The van der Waals surface area contributed by atoms with Crippen LogP contribution in [0, 0.1) is 0 Å². The van der Waals surface area contributed by atoms with Crippen LogP contribution in [-0.4, -0.2) is 19.1 Å². The number of benzene rings is 1. The van der Waals surface area contributed by atoms with Gasteiger partial charge in [0.1, 0.15) is 0 Å². The summed E-state index contributed by atoms with van der Waals surface area (Å²) in [6.07, 6.45) is 0. The van der Waals surface area contributed by atoms with Crippen molar-refractivity contribution in [3.05, 3.63) is 33.8 Å². The fourth-order valence-corrected chi connectivity index (χ4v) is 1.62. The third-order valence-electron chi connectivity index (χ3n) is 2.04. The van der Waals surface area contributed by atoms with E-state index in [9.17, 15) is 0 Å². The van der Waals surface area contributed by atoms with Gasteiger partial charge in [0.15, 0.2) is 0 Å². The lowest BCUT2D eigenvalue weighted by molar-refractivity contribution is 0.582. The van der Waals surface area contributed by atoms with Gasteiger partial charge in [0.2, 0.25) is 0 Å². The summed E-state index contributed by atoms with van der Waals surface area (Å²) in [5.41, 5.74) is 12.1. The summed E-state index contributed by atoms with van der Waals surface area (Å²) in [5, 5.41) is 4.48. The predicted octanol–water partition coefficient (Wildman–Crippen LogP) is 1.37. The first-order valence-corrected chi connectivity index (χ1v) is 5.49. The highest BCUT2D eigenvalue weighted by Crippen LogP contribution is 2.20. The van der Waals surface area contributed by atoms with Crippen molar-refractivity contribution in [2.45, 2.75) is 12.6 Å². The first-order chi connectivity index (χ1) is 7.13. The van der Waals surface area contributed by atoms with Crippen LogP contribution in [0.3, 0.4) is 0 Å². The van der Waals surface area contributed by atoms with Gasteiger partial charge < -0.3 is 16.8 Å². The van der Waals surface area contributed by atoms with Crippen molar-refractivity contribution >= 4 is 23.2 Å². The lowest BCUT2D eigenvalue weighted by atomic mass is 10.2. The minimum absolute atomic E-state index is 0.0175. The highest BCUT2D eigenvalue weighted by Gasteiger charge is 2.02. The van der Waals surface area contributed by atoms with Gasteiger partial charge in [-0.25, -0.2) is 0 Å². The minimum Gasteiger partial charge on any atom is -0.329 e. The van der Waals surface area contributed by atoms with Crippen molar-refractivity contribution in [2.75, 3.05) is 13.1 Å². The summed E-state index contributed by atoms with van der Waals surface area (Å²) < 4.78 is 0. The Morgan fingerprint density at radius 1 is 1.33 bits per heavy atom. The number of nitrogens with one attached hydrogen (secondary N) is 1. The Morgan fingerprint density at radius 3 is 2.67 bits per heavy atom. The molecule has 5 heteroatoms. The zero-order chi connectivity index (χ0) is 11.3. The van der Waals surface area contributed by atoms with Crippen molar-refractivity contribution in [1.29, 1.82) is 0 Å². The lowest BCUT2D eigenvalue weighted by Crippen LogP contribution is -2.39. The summed E-state index contributed by atoms with van der Waals surface area (Å²) in [4.78, 5) is 0.